The van der Waals surface area contributed by atoms with Crippen molar-refractivity contribution in [3.63, 3.8) is 0 Å². The molecule has 0 bridgehead atoms. The number of carboxylic acid groups (broad SMARTS) is 1. The molecule has 1 saturated carbocycles. The van der Waals surface area contributed by atoms with E-state index in [1.165, 1.54) is 19.3 Å². The van der Waals surface area contributed by atoms with Crippen LogP contribution in [0.15, 0.2) is 0 Å². The molecule has 1 heterocycles. The van der Waals surface area contributed by atoms with E-state index in [1.807, 2.05) is 20.8 Å². The number of hydrogen-bond acceptors (Lipinski definition) is 4. The van der Waals surface area contributed by atoms with Crippen molar-refractivity contribution < 1.29 is 19.4 Å². The lowest BCUT2D eigenvalue weighted by atomic mass is 9.90. The van der Waals surface area contributed by atoms with Gasteiger partial charge in [0.2, 0.25) is 0 Å². The summed E-state index contributed by atoms with van der Waals surface area (Å²) in [4.78, 5) is 27.8. The van der Waals surface area contributed by atoms with Gasteiger partial charge in [0, 0.05) is 25.2 Å². The lowest BCUT2D eigenvalue weighted by Crippen LogP contribution is -2.56. The van der Waals surface area contributed by atoms with Gasteiger partial charge in [-0.3, -0.25) is 9.69 Å². The molecule has 0 aromatic rings. The zero-order chi connectivity index (χ0) is 18.6. The van der Waals surface area contributed by atoms with Gasteiger partial charge in [0.05, 0.1) is 0 Å². The van der Waals surface area contributed by atoms with Crippen LogP contribution in [0.5, 0.6) is 0 Å². The summed E-state index contributed by atoms with van der Waals surface area (Å²) in [7, 11) is 0. The van der Waals surface area contributed by atoms with Gasteiger partial charge in [-0.1, -0.05) is 19.3 Å². The molecule has 1 aliphatic carbocycles. The molecular weight excluding hydrogens is 320 g/mol. The number of carbonyl (C=O) groups excluding carboxylic acids is 1. The zero-order valence-electron chi connectivity index (χ0n) is 16.2. The molecule has 1 aliphatic heterocycles. The van der Waals surface area contributed by atoms with Crippen LogP contribution >= 0.6 is 0 Å². The van der Waals surface area contributed by atoms with Crippen molar-refractivity contribution in [2.45, 2.75) is 96.4 Å². The summed E-state index contributed by atoms with van der Waals surface area (Å²) in [5.74, 6) is -0.750. The molecule has 0 radical (unpaired) electrons. The molecule has 0 aromatic heterocycles. The average molecular weight is 354 g/mol. The first-order valence-electron chi connectivity index (χ1n) is 9.67. The highest BCUT2D eigenvalue weighted by molar-refractivity contribution is 5.73. The first-order valence-corrected chi connectivity index (χ1v) is 9.67. The third-order valence-corrected chi connectivity index (χ3v) is 5.34. The highest BCUT2D eigenvalue weighted by Gasteiger charge is 2.37. The lowest BCUT2D eigenvalue weighted by molar-refractivity contribution is -0.146. The number of piperidine rings is 1. The number of amides is 1. The molecular formula is C19H34N2O4. The number of hydrogen-bond donors (Lipinski definition) is 1. The van der Waals surface area contributed by atoms with Crippen molar-refractivity contribution >= 4 is 12.1 Å². The van der Waals surface area contributed by atoms with Crippen LogP contribution in [0.4, 0.5) is 4.79 Å². The quantitative estimate of drug-likeness (QED) is 0.837. The molecule has 0 spiro atoms. The van der Waals surface area contributed by atoms with E-state index >= 15 is 0 Å². The second kappa shape index (κ2) is 8.39. The van der Waals surface area contributed by atoms with E-state index in [4.69, 9.17) is 4.74 Å². The summed E-state index contributed by atoms with van der Waals surface area (Å²) < 4.78 is 5.45. The maximum absolute atomic E-state index is 12.2. The number of likely N-dealkylation sites (tertiary alicyclic amines) is 1. The second-order valence-electron chi connectivity index (χ2n) is 8.45. The van der Waals surface area contributed by atoms with E-state index in [9.17, 15) is 14.7 Å². The molecule has 0 aromatic carbocycles. The Balaban J connectivity index is 1.98. The molecule has 1 amide bonds. The summed E-state index contributed by atoms with van der Waals surface area (Å²) in [6, 6.07) is 0.118. The molecule has 6 heteroatoms. The van der Waals surface area contributed by atoms with Gasteiger partial charge < -0.3 is 14.7 Å². The van der Waals surface area contributed by atoms with Gasteiger partial charge in [-0.25, -0.2) is 4.79 Å². The predicted octanol–water partition coefficient (Wildman–Crippen LogP) is 3.49. The highest BCUT2D eigenvalue weighted by atomic mass is 16.6. The Bertz CT molecular complexity index is 461. The van der Waals surface area contributed by atoms with Crippen LogP contribution in [0.2, 0.25) is 0 Å². The van der Waals surface area contributed by atoms with Crippen molar-refractivity contribution in [3.8, 4) is 0 Å². The van der Waals surface area contributed by atoms with Crippen molar-refractivity contribution in [2.75, 3.05) is 13.1 Å². The van der Waals surface area contributed by atoms with Crippen LogP contribution in [-0.2, 0) is 9.53 Å². The molecule has 25 heavy (non-hydrogen) atoms. The zero-order valence-corrected chi connectivity index (χ0v) is 16.2. The number of carboxylic acids is 1. The molecule has 2 fully saturated rings. The lowest BCUT2D eigenvalue weighted by Gasteiger charge is -2.45. The Morgan fingerprint density at radius 2 is 1.56 bits per heavy atom. The SMILES string of the molecule is CC(C(=O)O)N(C1CCCCC1)C1CCN(C(=O)OC(C)(C)C)CC1. The Labute approximate surface area is 151 Å². The Morgan fingerprint density at radius 1 is 1.04 bits per heavy atom. The van der Waals surface area contributed by atoms with E-state index in [0.717, 1.165) is 25.7 Å². The number of ether oxygens (including phenoxy) is 1. The minimum Gasteiger partial charge on any atom is -0.480 e. The third-order valence-electron chi connectivity index (χ3n) is 5.34. The standard InChI is InChI=1S/C19H34N2O4/c1-14(17(22)23)21(15-8-6-5-7-9-15)16-10-12-20(13-11-16)18(24)25-19(2,3)4/h14-16H,5-13H2,1-4H3,(H,22,23). The maximum atomic E-state index is 12.2. The van der Waals surface area contributed by atoms with Gasteiger partial charge in [-0.2, -0.15) is 0 Å². The summed E-state index contributed by atoms with van der Waals surface area (Å²) in [5, 5.41) is 9.56. The van der Waals surface area contributed by atoms with Gasteiger partial charge >= 0.3 is 12.1 Å². The largest absolute Gasteiger partial charge is 0.480 e. The number of nitrogens with zero attached hydrogens (tertiary/aromatic N) is 2. The molecule has 2 aliphatic rings. The molecule has 6 nitrogen and oxygen atoms in total. The van der Waals surface area contributed by atoms with Crippen LogP contribution in [0.3, 0.4) is 0 Å². The molecule has 144 valence electrons. The average Bonchev–Trinajstić information content (AvgIpc) is 2.55. The first kappa shape index (κ1) is 20.0. The van der Waals surface area contributed by atoms with Crippen molar-refractivity contribution in [1.29, 1.82) is 0 Å². The van der Waals surface area contributed by atoms with E-state index in [1.54, 1.807) is 11.8 Å². The van der Waals surface area contributed by atoms with E-state index in [-0.39, 0.29) is 12.1 Å². The molecule has 2 rings (SSSR count). The molecule has 1 N–H and O–H groups in total. The molecule has 1 atom stereocenters. The summed E-state index contributed by atoms with van der Waals surface area (Å²) in [6.07, 6.45) is 7.16. The number of rotatable bonds is 4. The Morgan fingerprint density at radius 3 is 2.04 bits per heavy atom. The summed E-state index contributed by atoms with van der Waals surface area (Å²) in [6.45, 7) is 8.69. The fourth-order valence-corrected chi connectivity index (χ4v) is 4.11. The summed E-state index contributed by atoms with van der Waals surface area (Å²) >= 11 is 0. The topological polar surface area (TPSA) is 70.1 Å². The van der Waals surface area contributed by atoms with Gasteiger partial charge in [-0.05, 0) is 53.4 Å². The normalized spacial score (nSPS) is 22.0. The van der Waals surface area contributed by atoms with Gasteiger partial charge in [0.1, 0.15) is 11.6 Å². The molecule has 1 unspecified atom stereocenters. The smallest absolute Gasteiger partial charge is 0.410 e. The van der Waals surface area contributed by atoms with Crippen LogP contribution < -0.4 is 0 Å². The minimum atomic E-state index is -0.750. The third kappa shape index (κ3) is 5.59. The monoisotopic (exact) mass is 354 g/mol. The minimum absolute atomic E-state index is 0.230. The number of aliphatic carboxylic acids is 1. The van der Waals surface area contributed by atoms with Crippen molar-refractivity contribution in [1.82, 2.24) is 9.80 Å². The number of carbonyl (C=O) groups is 2. The second-order valence-corrected chi connectivity index (χ2v) is 8.45. The van der Waals surface area contributed by atoms with Crippen molar-refractivity contribution in [3.05, 3.63) is 0 Å². The van der Waals surface area contributed by atoms with Gasteiger partial charge in [0.25, 0.3) is 0 Å². The Kier molecular flexibility index (Phi) is 6.72. The van der Waals surface area contributed by atoms with Gasteiger partial charge in [0.15, 0.2) is 0 Å². The van der Waals surface area contributed by atoms with E-state index in [0.29, 0.717) is 19.1 Å². The van der Waals surface area contributed by atoms with Gasteiger partial charge in [-0.15, -0.1) is 0 Å². The Hall–Kier alpha value is -1.30. The fourth-order valence-electron chi connectivity index (χ4n) is 4.11. The maximum Gasteiger partial charge on any atom is 0.410 e. The van der Waals surface area contributed by atoms with E-state index < -0.39 is 17.6 Å². The van der Waals surface area contributed by atoms with Crippen LogP contribution in [0.25, 0.3) is 0 Å². The first-order chi connectivity index (χ1) is 11.7. The van der Waals surface area contributed by atoms with Crippen LogP contribution in [-0.4, -0.2) is 63.8 Å². The van der Waals surface area contributed by atoms with E-state index in [2.05, 4.69) is 4.90 Å². The fraction of sp³-hybridized carbons (Fsp3) is 0.895. The van der Waals surface area contributed by atoms with Crippen LogP contribution in [0, 0.1) is 0 Å². The highest BCUT2D eigenvalue weighted by Crippen LogP contribution is 2.30. The summed E-state index contributed by atoms with van der Waals surface area (Å²) in [5.41, 5.74) is -0.486. The predicted molar refractivity (Wildman–Crippen MR) is 96.6 cm³/mol. The molecule has 1 saturated heterocycles. The van der Waals surface area contributed by atoms with Crippen molar-refractivity contribution in [2.24, 2.45) is 0 Å². The van der Waals surface area contributed by atoms with Crippen LogP contribution in [0.1, 0.15) is 72.6 Å².